The molecule has 0 spiro atoms. The van der Waals surface area contributed by atoms with Crippen LogP contribution in [-0.4, -0.2) is 29.3 Å². The molecule has 86 valence electrons. The maximum absolute atomic E-state index is 12.9. The van der Waals surface area contributed by atoms with Crippen molar-refractivity contribution in [3.8, 4) is 0 Å². The lowest BCUT2D eigenvalue weighted by molar-refractivity contribution is -0.148. The van der Waals surface area contributed by atoms with Crippen LogP contribution < -0.4 is 0 Å². The number of carbonyl (C=O) groups is 1. The molecular weight excluding hydrogens is 213 g/mol. The van der Waals surface area contributed by atoms with Gasteiger partial charge in [0.15, 0.2) is 0 Å². The fraction of sp³-hybridized carbons (Fsp3) is 0.455. The maximum atomic E-state index is 12.9. The quantitative estimate of drug-likeness (QED) is 0.841. The summed E-state index contributed by atoms with van der Waals surface area (Å²) in [5, 5.41) is 9.20. The third kappa shape index (κ3) is 2.04. The normalized spacial score (nSPS) is 24.6. The first-order valence-corrected chi connectivity index (χ1v) is 5.03. The van der Waals surface area contributed by atoms with Crippen LogP contribution in [0.4, 0.5) is 4.39 Å². The fourth-order valence-corrected chi connectivity index (χ4v) is 1.93. The molecule has 16 heavy (non-hydrogen) atoms. The lowest BCUT2D eigenvalue weighted by Crippen LogP contribution is -2.33. The Labute approximate surface area is 92.1 Å². The first kappa shape index (κ1) is 11.0. The lowest BCUT2D eigenvalue weighted by Gasteiger charge is -2.21. The molecule has 2 heterocycles. The molecule has 1 unspecified atom stereocenters. The van der Waals surface area contributed by atoms with Gasteiger partial charge < -0.3 is 9.84 Å². The predicted octanol–water partition coefficient (Wildman–Crippen LogP) is 1.25. The van der Waals surface area contributed by atoms with Gasteiger partial charge in [0.25, 0.3) is 0 Å². The molecular formula is C11H12FNO3. The van der Waals surface area contributed by atoms with Crippen LogP contribution >= 0.6 is 0 Å². The summed E-state index contributed by atoms with van der Waals surface area (Å²) in [5.41, 5.74) is -0.331. The van der Waals surface area contributed by atoms with Crippen molar-refractivity contribution in [1.82, 2.24) is 4.98 Å². The van der Waals surface area contributed by atoms with Gasteiger partial charge >= 0.3 is 5.97 Å². The Hall–Kier alpha value is -1.49. The van der Waals surface area contributed by atoms with Crippen LogP contribution in [0.5, 0.6) is 0 Å². The Kier molecular flexibility index (Phi) is 2.87. The summed E-state index contributed by atoms with van der Waals surface area (Å²) < 4.78 is 18.1. The van der Waals surface area contributed by atoms with E-state index in [9.17, 15) is 14.3 Å². The van der Waals surface area contributed by atoms with Crippen molar-refractivity contribution in [3.05, 3.63) is 29.8 Å². The lowest BCUT2D eigenvalue weighted by atomic mass is 9.81. The minimum atomic E-state index is -0.921. The van der Waals surface area contributed by atoms with Gasteiger partial charge in [0, 0.05) is 12.8 Å². The number of pyridine rings is 1. The Morgan fingerprint density at radius 1 is 1.62 bits per heavy atom. The topological polar surface area (TPSA) is 59.4 Å². The summed E-state index contributed by atoms with van der Waals surface area (Å²) in [6.07, 6.45) is 3.31. The largest absolute Gasteiger partial charge is 0.481 e. The summed E-state index contributed by atoms with van der Waals surface area (Å²) >= 11 is 0. The SMILES string of the molecule is O=C(O)C1(Cc2cncc(F)c2)CCOC1. The molecule has 1 aliphatic heterocycles. The van der Waals surface area contributed by atoms with Crippen LogP contribution in [0, 0.1) is 11.2 Å². The van der Waals surface area contributed by atoms with E-state index in [4.69, 9.17) is 4.74 Å². The first-order chi connectivity index (χ1) is 7.62. The third-order valence-electron chi connectivity index (χ3n) is 2.86. The molecule has 0 bridgehead atoms. The summed E-state index contributed by atoms with van der Waals surface area (Å²) in [7, 11) is 0. The van der Waals surface area contributed by atoms with Crippen molar-refractivity contribution in [1.29, 1.82) is 0 Å². The predicted molar refractivity (Wildman–Crippen MR) is 53.4 cm³/mol. The average Bonchev–Trinajstić information content (AvgIpc) is 2.67. The second-order valence-electron chi connectivity index (χ2n) is 4.08. The molecule has 4 nitrogen and oxygen atoms in total. The molecule has 1 N–H and O–H groups in total. The minimum absolute atomic E-state index is 0.179. The molecule has 0 saturated carbocycles. The molecule has 2 rings (SSSR count). The van der Waals surface area contributed by atoms with E-state index in [-0.39, 0.29) is 13.0 Å². The van der Waals surface area contributed by atoms with Gasteiger partial charge in [-0.05, 0) is 24.5 Å². The summed E-state index contributed by atoms with van der Waals surface area (Å²) in [4.78, 5) is 14.9. The number of carboxylic acid groups (broad SMARTS) is 1. The zero-order chi connectivity index (χ0) is 11.6. The highest BCUT2D eigenvalue weighted by atomic mass is 19.1. The molecule has 1 aromatic rings. The third-order valence-corrected chi connectivity index (χ3v) is 2.86. The van der Waals surface area contributed by atoms with Crippen LogP contribution in [0.1, 0.15) is 12.0 Å². The van der Waals surface area contributed by atoms with Crippen molar-refractivity contribution in [2.24, 2.45) is 5.41 Å². The van der Waals surface area contributed by atoms with Gasteiger partial charge in [-0.1, -0.05) is 0 Å². The first-order valence-electron chi connectivity index (χ1n) is 5.03. The molecule has 0 aromatic carbocycles. The van der Waals surface area contributed by atoms with E-state index in [2.05, 4.69) is 4.98 Å². The molecule has 0 radical (unpaired) electrons. The van der Waals surface area contributed by atoms with Gasteiger partial charge in [0.2, 0.25) is 0 Å². The van der Waals surface area contributed by atoms with E-state index in [0.29, 0.717) is 18.6 Å². The number of aliphatic carboxylic acids is 1. The summed E-state index contributed by atoms with van der Waals surface area (Å²) in [6.45, 7) is 0.619. The van der Waals surface area contributed by atoms with Crippen molar-refractivity contribution >= 4 is 5.97 Å². The van der Waals surface area contributed by atoms with Crippen LogP contribution in [-0.2, 0) is 16.0 Å². The highest BCUT2D eigenvalue weighted by molar-refractivity contribution is 5.75. The van der Waals surface area contributed by atoms with E-state index >= 15 is 0 Å². The number of hydrogen-bond acceptors (Lipinski definition) is 3. The minimum Gasteiger partial charge on any atom is -0.481 e. The average molecular weight is 225 g/mol. The second-order valence-corrected chi connectivity index (χ2v) is 4.08. The standard InChI is InChI=1S/C11H12FNO3/c12-9-3-8(5-13-6-9)4-11(10(14)15)1-2-16-7-11/h3,5-6H,1-2,4,7H2,(H,14,15). The number of nitrogens with zero attached hydrogens (tertiary/aromatic N) is 1. The zero-order valence-electron chi connectivity index (χ0n) is 8.65. The van der Waals surface area contributed by atoms with Crippen molar-refractivity contribution < 1.29 is 19.0 Å². The summed E-state index contributed by atoms with van der Waals surface area (Å²) in [6, 6.07) is 1.32. The Balaban J connectivity index is 2.21. The molecule has 1 aliphatic rings. The van der Waals surface area contributed by atoms with Gasteiger partial charge in [-0.15, -0.1) is 0 Å². The number of ether oxygens (including phenoxy) is 1. The Bertz CT molecular complexity index is 402. The maximum Gasteiger partial charge on any atom is 0.312 e. The van der Waals surface area contributed by atoms with Crippen molar-refractivity contribution in [3.63, 3.8) is 0 Å². The second kappa shape index (κ2) is 4.17. The van der Waals surface area contributed by atoms with E-state index < -0.39 is 17.2 Å². The number of rotatable bonds is 3. The molecule has 1 saturated heterocycles. The Morgan fingerprint density at radius 2 is 2.44 bits per heavy atom. The monoisotopic (exact) mass is 225 g/mol. The molecule has 1 fully saturated rings. The van der Waals surface area contributed by atoms with Gasteiger partial charge in [-0.25, -0.2) is 4.39 Å². The highest BCUT2D eigenvalue weighted by Gasteiger charge is 2.42. The number of hydrogen-bond donors (Lipinski definition) is 1. The van der Waals surface area contributed by atoms with E-state index in [1.165, 1.54) is 12.3 Å². The van der Waals surface area contributed by atoms with Crippen molar-refractivity contribution in [2.75, 3.05) is 13.2 Å². The van der Waals surface area contributed by atoms with E-state index in [1.807, 2.05) is 0 Å². The highest BCUT2D eigenvalue weighted by Crippen LogP contribution is 2.32. The van der Waals surface area contributed by atoms with E-state index in [1.54, 1.807) is 0 Å². The van der Waals surface area contributed by atoms with Crippen LogP contribution in [0.15, 0.2) is 18.5 Å². The zero-order valence-corrected chi connectivity index (χ0v) is 8.65. The fourth-order valence-electron chi connectivity index (χ4n) is 1.93. The van der Waals surface area contributed by atoms with E-state index in [0.717, 1.165) is 6.20 Å². The van der Waals surface area contributed by atoms with Crippen molar-refractivity contribution in [2.45, 2.75) is 12.8 Å². The van der Waals surface area contributed by atoms with Crippen LogP contribution in [0.3, 0.4) is 0 Å². The van der Waals surface area contributed by atoms with Crippen LogP contribution in [0.2, 0.25) is 0 Å². The number of halogens is 1. The van der Waals surface area contributed by atoms with Crippen LogP contribution in [0.25, 0.3) is 0 Å². The smallest absolute Gasteiger partial charge is 0.312 e. The van der Waals surface area contributed by atoms with Gasteiger partial charge in [0.05, 0.1) is 18.2 Å². The van der Waals surface area contributed by atoms with Gasteiger partial charge in [0.1, 0.15) is 5.82 Å². The molecule has 1 atom stereocenters. The number of aromatic nitrogens is 1. The van der Waals surface area contributed by atoms with Gasteiger partial charge in [-0.3, -0.25) is 9.78 Å². The molecule has 5 heteroatoms. The summed E-state index contributed by atoms with van der Waals surface area (Å²) in [5.74, 6) is -1.34. The number of carboxylic acids is 1. The van der Waals surface area contributed by atoms with Gasteiger partial charge in [-0.2, -0.15) is 0 Å². The molecule has 1 aromatic heterocycles. The molecule has 0 aliphatic carbocycles. The Morgan fingerprint density at radius 3 is 3.00 bits per heavy atom. The molecule has 0 amide bonds.